The number of esters is 2. The van der Waals surface area contributed by atoms with Crippen molar-refractivity contribution in [1.29, 1.82) is 0 Å². The second-order valence-corrected chi connectivity index (χ2v) is 21.1. The zero-order valence-electron chi connectivity index (χ0n) is 45.9. The van der Waals surface area contributed by atoms with Gasteiger partial charge in [0.25, 0.3) is 0 Å². The van der Waals surface area contributed by atoms with E-state index in [1.54, 1.807) is 0 Å². The van der Waals surface area contributed by atoms with E-state index in [2.05, 4.69) is 52.0 Å². The van der Waals surface area contributed by atoms with Crippen molar-refractivity contribution >= 4 is 33.7 Å². The van der Waals surface area contributed by atoms with Crippen LogP contribution in [0.3, 0.4) is 0 Å². The molecule has 390 valence electrons. The Morgan fingerprint density at radius 2 is 0.614 bits per heavy atom. The van der Waals surface area contributed by atoms with Gasteiger partial charge < -0.3 is 9.47 Å². The molecule has 0 aliphatic carbocycles. The number of carbonyl (C=O) groups is 2. The van der Waals surface area contributed by atoms with Crippen LogP contribution in [-0.2, 0) is 48.1 Å². The summed E-state index contributed by atoms with van der Waals surface area (Å²) < 4.78 is 12.3. The van der Waals surface area contributed by atoms with Crippen LogP contribution in [0.2, 0.25) is 0 Å². The van der Waals surface area contributed by atoms with E-state index in [-0.39, 0.29) is 11.9 Å². The smallest absolute Gasteiger partial charge is 0.308 e. The zero-order chi connectivity index (χ0) is 50.0. The van der Waals surface area contributed by atoms with E-state index in [0.717, 1.165) is 84.3 Å². The van der Waals surface area contributed by atoms with Crippen LogP contribution in [0, 0.1) is 0 Å². The molecule has 0 atom stereocenters. The number of unbranched alkanes of at least 4 members (excludes halogenated alkanes) is 28. The lowest BCUT2D eigenvalue weighted by molar-refractivity contribution is -0.132. The van der Waals surface area contributed by atoms with Gasteiger partial charge in [0.2, 0.25) is 0 Å². The van der Waals surface area contributed by atoms with Gasteiger partial charge in [0.1, 0.15) is 11.0 Å². The summed E-state index contributed by atoms with van der Waals surface area (Å²) in [6, 6.07) is 9.31. The topological polar surface area (TPSA) is 78.4 Å². The van der Waals surface area contributed by atoms with E-state index in [4.69, 9.17) is 19.4 Å². The molecule has 0 unspecified atom stereocenters. The molecule has 0 saturated carbocycles. The first kappa shape index (κ1) is 58.8. The molecule has 0 N–H and O–H groups in total. The monoisotopic (exact) mass is 961 g/mol. The number of benzene rings is 2. The van der Waals surface area contributed by atoms with Crippen LogP contribution >= 0.6 is 0 Å². The van der Waals surface area contributed by atoms with Gasteiger partial charge in [-0.3, -0.25) is 19.6 Å². The van der Waals surface area contributed by atoms with E-state index < -0.39 is 0 Å². The lowest BCUT2D eigenvalue weighted by Gasteiger charge is -2.19. The Labute approximate surface area is 428 Å². The largest absolute Gasteiger partial charge is 0.424 e. The summed E-state index contributed by atoms with van der Waals surface area (Å²) in [5, 5.41) is 2.23. The van der Waals surface area contributed by atoms with Gasteiger partial charge in [0, 0.05) is 37.0 Å². The van der Waals surface area contributed by atoms with Crippen LogP contribution in [0.15, 0.2) is 36.7 Å². The maximum Gasteiger partial charge on any atom is 0.308 e. The number of fused-ring (bicyclic) bond motifs is 2. The number of pyridine rings is 2. The van der Waals surface area contributed by atoms with Crippen molar-refractivity contribution in [2.75, 3.05) is 0 Å². The molecule has 0 bridgehead atoms. The molecule has 0 saturated heterocycles. The first-order valence-electron chi connectivity index (χ1n) is 29.5. The average molecular weight is 962 g/mol. The van der Waals surface area contributed by atoms with E-state index in [9.17, 15) is 9.59 Å². The van der Waals surface area contributed by atoms with E-state index in [1.807, 2.05) is 12.4 Å². The molecule has 2 aromatic carbocycles. The quantitative estimate of drug-likeness (QED) is 0.0250. The Hall–Kier alpha value is -3.80. The Morgan fingerprint density at radius 1 is 0.343 bits per heavy atom. The summed E-state index contributed by atoms with van der Waals surface area (Å²) in [4.78, 5) is 36.0. The molecule has 6 heteroatoms. The highest BCUT2D eigenvalue weighted by molar-refractivity contribution is 5.92. The third kappa shape index (κ3) is 22.3. The molecule has 0 fully saturated rings. The maximum atomic E-state index is 12.9. The summed E-state index contributed by atoms with van der Waals surface area (Å²) in [5.74, 6) is 0.459. The molecule has 0 spiro atoms. The van der Waals surface area contributed by atoms with Crippen molar-refractivity contribution in [3.63, 3.8) is 0 Å². The Bertz CT molecular complexity index is 1920. The van der Waals surface area contributed by atoms with E-state index in [1.165, 1.54) is 216 Å². The Morgan fingerprint density at radius 3 is 0.900 bits per heavy atom. The summed E-state index contributed by atoms with van der Waals surface area (Å²) in [5.41, 5.74) is 8.62. The number of hydrogen-bond donors (Lipinski definition) is 0. The van der Waals surface area contributed by atoms with Crippen LogP contribution in [0.4, 0.5) is 0 Å². The second kappa shape index (κ2) is 36.2. The molecule has 6 nitrogen and oxygen atoms in total. The van der Waals surface area contributed by atoms with Gasteiger partial charge in [-0.2, -0.15) is 0 Å². The zero-order valence-corrected chi connectivity index (χ0v) is 45.9. The minimum absolute atomic E-state index is 0.339. The molecule has 70 heavy (non-hydrogen) atoms. The van der Waals surface area contributed by atoms with E-state index >= 15 is 0 Å². The fraction of sp³-hybridized carbons (Fsp3) is 0.688. The lowest BCUT2D eigenvalue weighted by Crippen LogP contribution is -2.10. The summed E-state index contributed by atoms with van der Waals surface area (Å²) in [6.07, 6.45) is 50.2. The standard InChI is InChI=1S/C64H100N2O4/c1-7-11-15-19-23-27-31-35-39-53-45-59-55(41-37-33-29-25-21-17-13-9-3)47-57(63(69-51(5)67)61(59)65-49-53)43-44-58-48-56(42-38-34-30-26-22-18-14-10-4)60-46-54(40-36-32-28-24-20-16-12-8-2)50-66-62(60)64(58)70-52(6)68/h45-50H,7-44H2,1-6H3. The van der Waals surface area contributed by atoms with Crippen molar-refractivity contribution < 1.29 is 19.1 Å². The number of aromatic nitrogens is 2. The number of hydrogen-bond acceptors (Lipinski definition) is 6. The Kier molecular flexibility index (Phi) is 30.4. The first-order valence-corrected chi connectivity index (χ1v) is 29.5. The molecule has 0 aliphatic rings. The predicted octanol–water partition coefficient (Wildman–Crippen LogP) is 19.2. The number of aryl methyl sites for hydroxylation is 6. The third-order valence-corrected chi connectivity index (χ3v) is 14.7. The molecule has 4 aromatic rings. The minimum Gasteiger partial charge on any atom is -0.424 e. The molecule has 0 amide bonds. The van der Waals surface area contributed by atoms with Crippen LogP contribution in [0.1, 0.15) is 280 Å². The van der Waals surface area contributed by atoms with Crippen LogP contribution < -0.4 is 9.47 Å². The fourth-order valence-electron chi connectivity index (χ4n) is 10.5. The summed E-state index contributed by atoms with van der Waals surface area (Å²) in [7, 11) is 0. The van der Waals surface area contributed by atoms with Crippen LogP contribution in [0.25, 0.3) is 21.8 Å². The SMILES string of the molecule is CCCCCCCCCCc1cnc2c(OC(C)=O)c(CCc3cc(CCCCCCCCCC)c4cc(CCCCCCCCCC)cnc4c3OC(C)=O)cc(CCCCCCCCCC)c2c1. The van der Waals surface area contributed by atoms with Crippen molar-refractivity contribution in [3.8, 4) is 11.5 Å². The molecule has 2 heterocycles. The number of nitrogens with zero attached hydrogens (tertiary/aromatic N) is 2. The average Bonchev–Trinajstić information content (AvgIpc) is 3.35. The highest BCUT2D eigenvalue weighted by Gasteiger charge is 2.21. The van der Waals surface area contributed by atoms with Crippen molar-refractivity contribution in [1.82, 2.24) is 9.97 Å². The fourth-order valence-corrected chi connectivity index (χ4v) is 10.5. The third-order valence-electron chi connectivity index (χ3n) is 14.7. The van der Waals surface area contributed by atoms with Gasteiger partial charge in [0.05, 0.1) is 0 Å². The summed E-state index contributed by atoms with van der Waals surface area (Å²) in [6.45, 7) is 12.1. The number of rotatable bonds is 41. The van der Waals surface area contributed by atoms with Gasteiger partial charge in [-0.15, -0.1) is 0 Å². The van der Waals surface area contributed by atoms with Gasteiger partial charge in [-0.1, -0.05) is 220 Å². The second-order valence-electron chi connectivity index (χ2n) is 21.1. The molecule has 2 aromatic heterocycles. The summed E-state index contributed by atoms with van der Waals surface area (Å²) >= 11 is 0. The van der Waals surface area contributed by atoms with Crippen LogP contribution in [-0.4, -0.2) is 21.9 Å². The molecule has 0 radical (unpaired) electrons. The first-order chi connectivity index (χ1) is 34.3. The molecular weight excluding hydrogens is 861 g/mol. The van der Waals surface area contributed by atoms with Gasteiger partial charge >= 0.3 is 11.9 Å². The predicted molar refractivity (Wildman–Crippen MR) is 299 cm³/mol. The molecular formula is C64H100N2O4. The van der Waals surface area contributed by atoms with Crippen LogP contribution in [0.5, 0.6) is 11.5 Å². The maximum absolute atomic E-state index is 12.9. The Balaban J connectivity index is 1.66. The van der Waals surface area contributed by atoms with Gasteiger partial charge in [0.15, 0.2) is 11.5 Å². The van der Waals surface area contributed by atoms with Crippen molar-refractivity contribution in [3.05, 3.63) is 70.0 Å². The number of carbonyl (C=O) groups excluding carboxylic acids is 2. The molecule has 0 aliphatic heterocycles. The van der Waals surface area contributed by atoms with Crippen molar-refractivity contribution in [2.45, 2.75) is 286 Å². The molecule has 4 rings (SSSR count). The van der Waals surface area contributed by atoms with Crippen molar-refractivity contribution in [2.24, 2.45) is 0 Å². The highest BCUT2D eigenvalue weighted by atomic mass is 16.5. The van der Waals surface area contributed by atoms with E-state index in [0.29, 0.717) is 24.3 Å². The highest BCUT2D eigenvalue weighted by Crippen LogP contribution is 2.38. The number of ether oxygens (including phenoxy) is 2. The normalized spacial score (nSPS) is 11.6. The minimum atomic E-state index is -0.339. The lowest BCUT2D eigenvalue weighted by atomic mass is 9.91. The van der Waals surface area contributed by atoms with Gasteiger partial charge in [-0.25, -0.2) is 0 Å². The van der Waals surface area contributed by atoms with Gasteiger partial charge in [-0.05, 0) is 110 Å².